The smallest absolute Gasteiger partial charge is 0.308 e. The van der Waals surface area contributed by atoms with Gasteiger partial charge in [-0.25, -0.2) is 9.97 Å². The van der Waals surface area contributed by atoms with E-state index < -0.39 is 18.2 Å². The lowest BCUT2D eigenvalue weighted by Gasteiger charge is -2.16. The standard InChI is InChI=1S/C10H15N3O5/c1-17-7(15)3-6(14)8(16)5-4-12-9(11)10(13-5)18-2/h4,6,8,14,16H,3H2,1-2H3,(H2,11,12). The number of rotatable bonds is 5. The zero-order valence-electron chi connectivity index (χ0n) is 10.0. The number of nitrogens with two attached hydrogens (primary N) is 1. The van der Waals surface area contributed by atoms with Gasteiger partial charge >= 0.3 is 5.97 Å². The molecule has 1 aromatic heterocycles. The summed E-state index contributed by atoms with van der Waals surface area (Å²) in [5, 5.41) is 19.4. The van der Waals surface area contributed by atoms with Gasteiger partial charge in [0.15, 0.2) is 5.82 Å². The molecule has 4 N–H and O–H groups in total. The van der Waals surface area contributed by atoms with Crippen LogP contribution in [-0.4, -0.2) is 46.5 Å². The molecule has 8 heteroatoms. The summed E-state index contributed by atoms with van der Waals surface area (Å²) in [5.41, 5.74) is 5.51. The van der Waals surface area contributed by atoms with Crippen LogP contribution in [0, 0.1) is 0 Å². The van der Waals surface area contributed by atoms with E-state index in [9.17, 15) is 15.0 Å². The maximum Gasteiger partial charge on any atom is 0.308 e. The van der Waals surface area contributed by atoms with Crippen molar-refractivity contribution in [1.82, 2.24) is 9.97 Å². The lowest BCUT2D eigenvalue weighted by atomic mass is 10.1. The maximum absolute atomic E-state index is 11.0. The fraction of sp³-hybridized carbons (Fsp3) is 0.500. The van der Waals surface area contributed by atoms with Crippen molar-refractivity contribution in [3.05, 3.63) is 11.9 Å². The molecule has 0 saturated carbocycles. The fourth-order valence-electron chi connectivity index (χ4n) is 1.25. The molecule has 0 fully saturated rings. The number of hydrogen-bond acceptors (Lipinski definition) is 8. The highest BCUT2D eigenvalue weighted by atomic mass is 16.5. The number of esters is 1. The number of carbonyl (C=O) groups is 1. The Morgan fingerprint density at radius 2 is 2.17 bits per heavy atom. The summed E-state index contributed by atoms with van der Waals surface area (Å²) in [6, 6.07) is 0. The summed E-state index contributed by atoms with van der Waals surface area (Å²) in [4.78, 5) is 18.6. The SMILES string of the molecule is COC(=O)CC(O)C(O)c1cnc(N)c(OC)n1. The summed E-state index contributed by atoms with van der Waals surface area (Å²) < 4.78 is 9.21. The monoisotopic (exact) mass is 257 g/mol. The van der Waals surface area contributed by atoms with Gasteiger partial charge in [0.2, 0.25) is 0 Å². The van der Waals surface area contributed by atoms with E-state index in [2.05, 4.69) is 14.7 Å². The molecule has 0 aliphatic carbocycles. The number of hydrogen-bond donors (Lipinski definition) is 3. The molecule has 2 atom stereocenters. The van der Waals surface area contributed by atoms with E-state index in [1.54, 1.807) is 0 Å². The lowest BCUT2D eigenvalue weighted by molar-refractivity contribution is -0.144. The number of aliphatic hydroxyl groups excluding tert-OH is 2. The van der Waals surface area contributed by atoms with E-state index >= 15 is 0 Å². The van der Waals surface area contributed by atoms with Gasteiger partial charge in [0.05, 0.1) is 38.6 Å². The van der Waals surface area contributed by atoms with E-state index in [4.69, 9.17) is 10.5 Å². The Labute approximate surface area is 103 Å². The molecule has 1 rings (SSSR count). The summed E-state index contributed by atoms with van der Waals surface area (Å²) in [6.07, 6.45) is -1.89. The molecule has 0 saturated heterocycles. The van der Waals surface area contributed by atoms with Crippen LogP contribution < -0.4 is 10.5 Å². The predicted molar refractivity (Wildman–Crippen MR) is 60.6 cm³/mol. The quantitative estimate of drug-likeness (QED) is 0.574. The second-order valence-corrected chi connectivity index (χ2v) is 3.48. The normalized spacial score (nSPS) is 13.8. The first-order valence-electron chi connectivity index (χ1n) is 5.09. The average Bonchev–Trinajstić information content (AvgIpc) is 2.38. The van der Waals surface area contributed by atoms with Crippen LogP contribution in [-0.2, 0) is 9.53 Å². The number of ether oxygens (including phenoxy) is 2. The first kappa shape index (κ1) is 14.1. The van der Waals surface area contributed by atoms with E-state index in [0.717, 1.165) is 0 Å². The van der Waals surface area contributed by atoms with Crippen LogP contribution in [0.3, 0.4) is 0 Å². The number of methoxy groups -OCH3 is 2. The number of nitrogen functional groups attached to an aromatic ring is 1. The molecule has 8 nitrogen and oxygen atoms in total. The van der Waals surface area contributed by atoms with Crippen molar-refractivity contribution in [1.29, 1.82) is 0 Å². The van der Waals surface area contributed by atoms with Crippen molar-refractivity contribution in [2.24, 2.45) is 0 Å². The first-order valence-corrected chi connectivity index (χ1v) is 5.09. The molecule has 0 aliphatic heterocycles. The number of carbonyl (C=O) groups excluding carboxylic acids is 1. The minimum atomic E-state index is -1.38. The van der Waals surface area contributed by atoms with Gasteiger partial charge in [-0.05, 0) is 0 Å². The second kappa shape index (κ2) is 6.12. The molecule has 100 valence electrons. The minimum Gasteiger partial charge on any atom is -0.478 e. The highest BCUT2D eigenvalue weighted by Crippen LogP contribution is 2.21. The van der Waals surface area contributed by atoms with Crippen LogP contribution in [0.4, 0.5) is 5.82 Å². The first-order chi connectivity index (χ1) is 8.49. The Bertz CT molecular complexity index is 426. The zero-order chi connectivity index (χ0) is 13.7. The molecule has 0 spiro atoms. The van der Waals surface area contributed by atoms with E-state index in [-0.39, 0.29) is 23.8 Å². The predicted octanol–water partition coefficient (Wildman–Crippen LogP) is -0.975. The summed E-state index contributed by atoms with van der Waals surface area (Å²) in [7, 11) is 2.54. The molecular weight excluding hydrogens is 242 g/mol. The van der Waals surface area contributed by atoms with Gasteiger partial charge in [-0.1, -0.05) is 0 Å². The minimum absolute atomic E-state index is 0.0387. The molecule has 0 bridgehead atoms. The van der Waals surface area contributed by atoms with Crippen LogP contribution >= 0.6 is 0 Å². The molecule has 0 amide bonds. The molecule has 0 radical (unpaired) electrons. The van der Waals surface area contributed by atoms with Gasteiger partial charge in [0.25, 0.3) is 5.88 Å². The van der Waals surface area contributed by atoms with Gasteiger partial charge in [-0.3, -0.25) is 4.79 Å². The van der Waals surface area contributed by atoms with Crippen molar-refractivity contribution < 1.29 is 24.5 Å². The van der Waals surface area contributed by atoms with E-state index in [0.29, 0.717) is 0 Å². The van der Waals surface area contributed by atoms with Crippen molar-refractivity contribution in [2.75, 3.05) is 20.0 Å². The zero-order valence-corrected chi connectivity index (χ0v) is 10.0. The molecule has 1 aromatic rings. The van der Waals surface area contributed by atoms with Gasteiger partial charge in [0.1, 0.15) is 6.10 Å². The van der Waals surface area contributed by atoms with Gasteiger partial charge in [-0.2, -0.15) is 0 Å². The maximum atomic E-state index is 11.0. The van der Waals surface area contributed by atoms with Crippen LogP contribution in [0.25, 0.3) is 0 Å². The van der Waals surface area contributed by atoms with Gasteiger partial charge in [-0.15, -0.1) is 0 Å². The van der Waals surface area contributed by atoms with Crippen LogP contribution in [0.15, 0.2) is 6.20 Å². The average molecular weight is 257 g/mol. The number of aliphatic hydroxyl groups is 2. The van der Waals surface area contributed by atoms with Crippen molar-refractivity contribution in [2.45, 2.75) is 18.6 Å². The highest BCUT2D eigenvalue weighted by Gasteiger charge is 2.24. The van der Waals surface area contributed by atoms with Crippen molar-refractivity contribution in [3.8, 4) is 5.88 Å². The lowest BCUT2D eigenvalue weighted by Crippen LogP contribution is -2.23. The third-order valence-electron chi connectivity index (χ3n) is 2.25. The Balaban J connectivity index is 2.83. The van der Waals surface area contributed by atoms with E-state index in [1.165, 1.54) is 20.4 Å². The van der Waals surface area contributed by atoms with Crippen molar-refractivity contribution >= 4 is 11.8 Å². The Kier molecular flexibility index (Phi) is 4.81. The summed E-state index contributed by atoms with van der Waals surface area (Å²) in [6.45, 7) is 0. The fourth-order valence-corrected chi connectivity index (χ4v) is 1.25. The van der Waals surface area contributed by atoms with Crippen molar-refractivity contribution in [3.63, 3.8) is 0 Å². The third-order valence-corrected chi connectivity index (χ3v) is 2.25. The van der Waals surface area contributed by atoms with Gasteiger partial charge < -0.3 is 25.4 Å². The molecule has 0 aliphatic rings. The van der Waals surface area contributed by atoms with Crippen LogP contribution in [0.2, 0.25) is 0 Å². The summed E-state index contributed by atoms with van der Waals surface area (Å²) in [5.74, 6) is -0.537. The Hall–Kier alpha value is -1.93. The van der Waals surface area contributed by atoms with Crippen LogP contribution in [0.1, 0.15) is 18.2 Å². The molecule has 0 aromatic carbocycles. The molecule has 2 unspecified atom stereocenters. The largest absolute Gasteiger partial charge is 0.478 e. The summed E-state index contributed by atoms with van der Waals surface area (Å²) >= 11 is 0. The Morgan fingerprint density at radius 3 is 2.72 bits per heavy atom. The topological polar surface area (TPSA) is 128 Å². The van der Waals surface area contributed by atoms with Crippen LogP contribution in [0.5, 0.6) is 5.88 Å². The van der Waals surface area contributed by atoms with Gasteiger partial charge in [0, 0.05) is 0 Å². The number of anilines is 1. The number of aromatic nitrogens is 2. The number of nitrogens with zero attached hydrogens (tertiary/aromatic N) is 2. The highest BCUT2D eigenvalue weighted by molar-refractivity contribution is 5.69. The molecular formula is C10H15N3O5. The Morgan fingerprint density at radius 1 is 1.50 bits per heavy atom. The molecule has 1 heterocycles. The second-order valence-electron chi connectivity index (χ2n) is 3.48. The van der Waals surface area contributed by atoms with E-state index in [1.807, 2.05) is 0 Å². The third kappa shape index (κ3) is 3.28. The molecule has 18 heavy (non-hydrogen) atoms.